The fourth-order valence-corrected chi connectivity index (χ4v) is 10.3. The molecule has 0 spiro atoms. The predicted molar refractivity (Wildman–Crippen MR) is 257 cm³/mol. The van der Waals surface area contributed by atoms with Crippen LogP contribution in [-0.2, 0) is 21.7 Å². The van der Waals surface area contributed by atoms with Crippen LogP contribution in [0.4, 0.5) is 0 Å². The molecule has 6 heterocycles. The van der Waals surface area contributed by atoms with Crippen LogP contribution in [0, 0.1) is 0 Å². The molecule has 11 rings (SSSR count). The van der Waals surface area contributed by atoms with Crippen molar-refractivity contribution in [3.8, 4) is 22.3 Å². The second-order valence-electron chi connectivity index (χ2n) is 21.7. The van der Waals surface area contributed by atoms with E-state index in [0.717, 1.165) is 11.1 Å². The second kappa shape index (κ2) is 11.8. The van der Waals surface area contributed by atoms with Crippen LogP contribution < -0.4 is 0 Å². The molecule has 298 valence electrons. The van der Waals surface area contributed by atoms with Gasteiger partial charge in [-0.25, -0.2) is 0 Å². The number of hydrogen-bond acceptors (Lipinski definition) is 2. The van der Waals surface area contributed by atoms with Gasteiger partial charge in [0.2, 0.25) is 0 Å². The van der Waals surface area contributed by atoms with Crippen LogP contribution in [0.25, 0.3) is 98.4 Å². The number of pyridine rings is 2. The van der Waals surface area contributed by atoms with Gasteiger partial charge in [-0.1, -0.05) is 132 Å². The van der Waals surface area contributed by atoms with Crippen molar-refractivity contribution in [1.29, 1.82) is 0 Å². The second-order valence-corrected chi connectivity index (χ2v) is 21.7. The number of benzene rings is 5. The largest absolute Gasteiger partial charge is 0.308 e. The number of nitrogens with zero attached hydrogens (tertiary/aromatic N) is 4. The topological polar surface area (TPSA) is 34.6 Å². The molecule has 0 aliphatic carbocycles. The van der Waals surface area contributed by atoms with E-state index in [-0.39, 0.29) is 21.7 Å². The lowest BCUT2D eigenvalue weighted by Crippen LogP contribution is -2.17. The highest BCUT2D eigenvalue weighted by Gasteiger charge is 2.34. The first-order valence-corrected chi connectivity index (χ1v) is 21.6. The zero-order valence-corrected chi connectivity index (χ0v) is 37.2. The van der Waals surface area contributed by atoms with Gasteiger partial charge in [-0.2, -0.15) is 0 Å². The minimum atomic E-state index is -0.112. The Morgan fingerprint density at radius 1 is 0.367 bits per heavy atom. The third-order valence-electron chi connectivity index (χ3n) is 13.5. The third-order valence-corrected chi connectivity index (χ3v) is 13.5. The van der Waals surface area contributed by atoms with E-state index in [1.807, 2.05) is 36.9 Å². The van der Waals surface area contributed by atoms with Crippen molar-refractivity contribution in [2.75, 3.05) is 0 Å². The summed E-state index contributed by atoms with van der Waals surface area (Å²) in [7, 11) is 0. The first kappa shape index (κ1) is 37.0. The Kier molecular flexibility index (Phi) is 7.31. The van der Waals surface area contributed by atoms with Gasteiger partial charge in [-0.3, -0.25) is 9.97 Å². The summed E-state index contributed by atoms with van der Waals surface area (Å²) in [6, 6.07) is 32.8. The number of fused-ring (bicyclic) bond motifs is 14. The highest BCUT2D eigenvalue weighted by molar-refractivity contribution is 6.45. The summed E-state index contributed by atoms with van der Waals surface area (Å²) < 4.78 is 5.34. The first-order valence-electron chi connectivity index (χ1n) is 21.6. The number of aromatic nitrogens is 4. The van der Waals surface area contributed by atoms with Gasteiger partial charge in [0.05, 0.1) is 33.1 Å². The average molecular weight is 783 g/mol. The van der Waals surface area contributed by atoms with Crippen LogP contribution in [0.2, 0.25) is 0 Å². The van der Waals surface area contributed by atoms with E-state index in [1.54, 1.807) is 0 Å². The first-order chi connectivity index (χ1) is 28.3. The highest BCUT2D eigenvalue weighted by Crippen LogP contribution is 2.55. The van der Waals surface area contributed by atoms with Gasteiger partial charge in [0.15, 0.2) is 0 Å². The van der Waals surface area contributed by atoms with Crippen molar-refractivity contribution in [2.24, 2.45) is 0 Å². The Balaban J connectivity index is 1.50. The normalized spacial score (nSPS) is 13.7. The lowest BCUT2D eigenvalue weighted by atomic mass is 9.79. The molecule has 0 saturated carbocycles. The van der Waals surface area contributed by atoms with Gasteiger partial charge in [-0.15, -0.1) is 0 Å². The fraction of sp³-hybridized carbons (Fsp3) is 0.286. The van der Waals surface area contributed by atoms with E-state index in [0.29, 0.717) is 0 Å². The standard InChI is InChI=1S/C56H54N4/c1-53(2,3)35-25-39-47-45-37-19-17-32(34-16-14-22-58-30-34)24-44(37)60-50-40(26-36(54(4,5)6)28-42(50)56(10,11)12)48(52(45)60)46-38-20-18-31(33-15-13-21-57-29-33)23-43(38)59(51(46)47)49(39)41(27-35)55(7,8)9/h13-30H,1-12H3. The Labute approximate surface area is 352 Å². The lowest BCUT2D eigenvalue weighted by molar-refractivity contribution is 0.571. The van der Waals surface area contributed by atoms with Crippen molar-refractivity contribution >= 4 is 76.2 Å². The third kappa shape index (κ3) is 5.03. The maximum absolute atomic E-state index is 4.54. The van der Waals surface area contributed by atoms with Crippen LogP contribution in [0.3, 0.4) is 0 Å². The maximum Gasteiger partial charge on any atom is 0.0634 e. The molecule has 5 aromatic carbocycles. The minimum absolute atomic E-state index is 0.0399. The van der Waals surface area contributed by atoms with Crippen molar-refractivity contribution in [3.05, 3.63) is 132 Å². The van der Waals surface area contributed by atoms with Crippen LogP contribution in [0.5, 0.6) is 0 Å². The summed E-state index contributed by atoms with van der Waals surface area (Å²) in [6.07, 6.45) is 7.70. The summed E-state index contributed by atoms with van der Waals surface area (Å²) in [5.74, 6) is 0. The van der Waals surface area contributed by atoms with E-state index in [2.05, 4.69) is 175 Å². The van der Waals surface area contributed by atoms with E-state index < -0.39 is 0 Å². The summed E-state index contributed by atoms with van der Waals surface area (Å²) in [5, 5.41) is 10.7. The van der Waals surface area contributed by atoms with Gasteiger partial charge in [-0.05, 0) is 91.4 Å². The fourth-order valence-electron chi connectivity index (χ4n) is 10.3. The molecule has 0 N–H and O–H groups in total. The Morgan fingerprint density at radius 2 is 0.750 bits per heavy atom. The zero-order valence-electron chi connectivity index (χ0n) is 37.2. The molecule has 4 heteroatoms. The quantitative estimate of drug-likeness (QED) is 0.175. The average Bonchev–Trinajstić information content (AvgIpc) is 3.92. The molecule has 0 atom stereocenters. The molecular formula is C56H54N4. The Hall–Kier alpha value is -6.00. The summed E-state index contributed by atoms with van der Waals surface area (Å²) >= 11 is 0. The molecule has 11 aromatic rings. The van der Waals surface area contributed by atoms with Gasteiger partial charge in [0.1, 0.15) is 0 Å². The lowest BCUT2D eigenvalue weighted by Gasteiger charge is -2.26. The predicted octanol–water partition coefficient (Wildman–Crippen LogP) is 15.3. The van der Waals surface area contributed by atoms with E-state index >= 15 is 0 Å². The minimum Gasteiger partial charge on any atom is -0.308 e. The van der Waals surface area contributed by atoms with Crippen LogP contribution in [0.15, 0.2) is 110 Å². The maximum atomic E-state index is 4.54. The summed E-state index contributed by atoms with van der Waals surface area (Å²) in [6.45, 7) is 28.5. The summed E-state index contributed by atoms with van der Waals surface area (Å²) in [4.78, 5) is 9.08. The van der Waals surface area contributed by atoms with Gasteiger partial charge in [0, 0.05) is 79.0 Å². The summed E-state index contributed by atoms with van der Waals surface area (Å²) in [5.41, 5.74) is 17.6. The molecule has 0 amide bonds. The number of rotatable bonds is 2. The van der Waals surface area contributed by atoms with Crippen LogP contribution in [-0.4, -0.2) is 18.8 Å². The van der Waals surface area contributed by atoms with E-state index in [4.69, 9.17) is 0 Å². The van der Waals surface area contributed by atoms with Crippen molar-refractivity contribution in [3.63, 3.8) is 0 Å². The SMILES string of the molecule is CC(C)(C)c1cc(C(C)(C)C)c2c(c1)c1c3c4ccc(-c5cccnc5)cc4n4c5c(C(C)(C)C)cc(C(C)(C)C)cc5c(c5c6ccc(-c7cccnc7)cc6n2c51)c34. The Morgan fingerprint density at radius 3 is 1.08 bits per heavy atom. The zero-order chi connectivity index (χ0) is 42.0. The molecule has 6 aromatic heterocycles. The smallest absolute Gasteiger partial charge is 0.0634 e. The number of hydrogen-bond donors (Lipinski definition) is 0. The molecular weight excluding hydrogens is 729 g/mol. The Bertz CT molecular complexity index is 3300. The van der Waals surface area contributed by atoms with Crippen LogP contribution in [0.1, 0.15) is 105 Å². The molecule has 0 bridgehead atoms. The molecule has 0 fully saturated rings. The van der Waals surface area contributed by atoms with Crippen molar-refractivity contribution < 1.29 is 0 Å². The molecule has 60 heavy (non-hydrogen) atoms. The van der Waals surface area contributed by atoms with Gasteiger partial charge < -0.3 is 8.80 Å². The molecule has 0 aliphatic heterocycles. The van der Waals surface area contributed by atoms with E-state index in [1.165, 1.54) is 110 Å². The molecule has 0 saturated heterocycles. The molecule has 0 radical (unpaired) electrons. The van der Waals surface area contributed by atoms with Gasteiger partial charge >= 0.3 is 0 Å². The molecule has 4 nitrogen and oxygen atoms in total. The van der Waals surface area contributed by atoms with Gasteiger partial charge in [0.25, 0.3) is 0 Å². The highest BCUT2D eigenvalue weighted by atomic mass is 15.0. The molecule has 0 unspecified atom stereocenters. The van der Waals surface area contributed by atoms with Crippen LogP contribution >= 0.6 is 0 Å². The monoisotopic (exact) mass is 782 g/mol. The van der Waals surface area contributed by atoms with E-state index in [9.17, 15) is 0 Å². The van der Waals surface area contributed by atoms with Crippen molar-refractivity contribution in [2.45, 2.75) is 105 Å². The molecule has 0 aliphatic rings. The van der Waals surface area contributed by atoms with Crippen molar-refractivity contribution in [1.82, 2.24) is 18.8 Å².